The molecule has 0 aliphatic carbocycles. The summed E-state index contributed by atoms with van der Waals surface area (Å²) in [5.41, 5.74) is -0.0252. The number of Topliss-reactive ketones (excluding diaryl/α,β-unsaturated/α-hetero) is 1. The summed E-state index contributed by atoms with van der Waals surface area (Å²) in [4.78, 5) is 47.8. The highest BCUT2D eigenvalue weighted by Gasteiger charge is 2.56. The van der Waals surface area contributed by atoms with E-state index in [1.807, 2.05) is 0 Å². The van der Waals surface area contributed by atoms with E-state index in [0.717, 1.165) is 0 Å². The first-order valence-electron chi connectivity index (χ1n) is 7.03. The molecule has 2 fully saturated rings. The molecule has 3 heterocycles. The molecule has 2 saturated heterocycles. The number of hydrogen-bond donors (Lipinski definition) is 1. The van der Waals surface area contributed by atoms with Crippen molar-refractivity contribution >= 4 is 35.4 Å². The molecule has 1 N–H and O–H groups in total. The van der Waals surface area contributed by atoms with Gasteiger partial charge in [0, 0.05) is 24.2 Å². The lowest BCUT2D eigenvalue weighted by atomic mass is 9.92. The van der Waals surface area contributed by atoms with E-state index in [2.05, 4.69) is 0 Å². The number of carbonyl (C=O) groups is 4. The highest BCUT2D eigenvalue weighted by molar-refractivity contribution is 8.04. The standard InChI is InChI=1S/C14H15NO6S/c1-6(16)4-8-12(18)15-11(14(19)20)9(22-13(8)15)5-7-2-3-10(17)21-7/h7-8,13H,2-5H2,1H3,(H,19,20)/t7?,8-,13-/m1/s1. The first-order valence-corrected chi connectivity index (χ1v) is 7.91. The molecule has 0 aromatic heterocycles. The van der Waals surface area contributed by atoms with E-state index in [4.69, 9.17) is 4.74 Å². The van der Waals surface area contributed by atoms with Crippen LogP contribution < -0.4 is 0 Å². The zero-order valence-corrected chi connectivity index (χ0v) is 12.7. The lowest BCUT2D eigenvalue weighted by Gasteiger charge is -2.41. The molecule has 0 aromatic rings. The van der Waals surface area contributed by atoms with Gasteiger partial charge in [0.2, 0.25) is 5.91 Å². The SMILES string of the molecule is CC(=O)C[C@@H]1C(=O)N2C(C(=O)O)=C(CC3CCC(=O)O3)S[C@H]12. The summed E-state index contributed by atoms with van der Waals surface area (Å²) in [7, 11) is 0. The Morgan fingerprint density at radius 2 is 2.14 bits per heavy atom. The van der Waals surface area contributed by atoms with Crippen LogP contribution in [0.5, 0.6) is 0 Å². The molecule has 0 aromatic carbocycles. The van der Waals surface area contributed by atoms with E-state index >= 15 is 0 Å². The number of fused-ring (bicyclic) bond motifs is 1. The number of amides is 1. The summed E-state index contributed by atoms with van der Waals surface area (Å²) in [6.07, 6.45) is 1.01. The smallest absolute Gasteiger partial charge is 0.353 e. The largest absolute Gasteiger partial charge is 0.477 e. The zero-order chi connectivity index (χ0) is 16.0. The Balaban J connectivity index is 1.78. The van der Waals surface area contributed by atoms with Crippen molar-refractivity contribution in [1.82, 2.24) is 4.90 Å². The molecule has 3 aliphatic rings. The van der Waals surface area contributed by atoms with Gasteiger partial charge < -0.3 is 14.6 Å². The van der Waals surface area contributed by atoms with Crippen LogP contribution in [0.1, 0.15) is 32.6 Å². The predicted molar refractivity (Wildman–Crippen MR) is 75.4 cm³/mol. The van der Waals surface area contributed by atoms with Crippen LogP contribution in [0.15, 0.2) is 10.6 Å². The summed E-state index contributed by atoms with van der Waals surface area (Å²) < 4.78 is 5.12. The summed E-state index contributed by atoms with van der Waals surface area (Å²) in [6.45, 7) is 1.42. The Kier molecular flexibility index (Phi) is 3.72. The number of thioether (sulfide) groups is 1. The summed E-state index contributed by atoms with van der Waals surface area (Å²) in [6, 6.07) is 0. The van der Waals surface area contributed by atoms with Gasteiger partial charge in [-0.25, -0.2) is 4.79 Å². The molecule has 0 radical (unpaired) electrons. The molecule has 118 valence electrons. The van der Waals surface area contributed by atoms with Gasteiger partial charge >= 0.3 is 11.9 Å². The van der Waals surface area contributed by atoms with Gasteiger partial charge in [-0.1, -0.05) is 0 Å². The molecule has 1 unspecified atom stereocenters. The molecule has 7 nitrogen and oxygen atoms in total. The normalized spacial score (nSPS) is 30.2. The maximum Gasteiger partial charge on any atom is 0.353 e. The second-order valence-electron chi connectivity index (χ2n) is 5.66. The molecule has 0 bridgehead atoms. The van der Waals surface area contributed by atoms with Gasteiger partial charge in [0.25, 0.3) is 0 Å². The lowest BCUT2D eigenvalue weighted by Crippen LogP contribution is -2.57. The van der Waals surface area contributed by atoms with Crippen molar-refractivity contribution in [3.8, 4) is 0 Å². The van der Waals surface area contributed by atoms with Crippen LogP contribution in [0.2, 0.25) is 0 Å². The van der Waals surface area contributed by atoms with Gasteiger partial charge in [-0.2, -0.15) is 0 Å². The van der Waals surface area contributed by atoms with Crippen LogP contribution in [-0.2, 0) is 23.9 Å². The second kappa shape index (κ2) is 5.42. The van der Waals surface area contributed by atoms with Crippen molar-refractivity contribution in [2.24, 2.45) is 5.92 Å². The van der Waals surface area contributed by atoms with Gasteiger partial charge in [-0.05, 0) is 13.3 Å². The zero-order valence-electron chi connectivity index (χ0n) is 11.9. The molecular formula is C14H15NO6S. The van der Waals surface area contributed by atoms with Gasteiger partial charge in [-0.3, -0.25) is 14.5 Å². The minimum atomic E-state index is -1.16. The molecule has 8 heteroatoms. The number of nitrogens with zero attached hydrogens (tertiary/aromatic N) is 1. The summed E-state index contributed by atoms with van der Waals surface area (Å²) >= 11 is 1.30. The lowest BCUT2D eigenvalue weighted by molar-refractivity contribution is -0.153. The molecular weight excluding hydrogens is 310 g/mol. The number of ketones is 1. The second-order valence-corrected chi connectivity index (χ2v) is 6.87. The highest BCUT2D eigenvalue weighted by Crippen LogP contribution is 2.52. The van der Waals surface area contributed by atoms with Crippen molar-refractivity contribution in [2.45, 2.75) is 44.1 Å². The van der Waals surface area contributed by atoms with Gasteiger partial charge in [-0.15, -0.1) is 11.8 Å². The number of carbonyl (C=O) groups excluding carboxylic acids is 3. The first kappa shape index (κ1) is 15.1. The fourth-order valence-electron chi connectivity index (χ4n) is 3.03. The Hall–Kier alpha value is -1.83. The minimum absolute atomic E-state index is 0.0252. The van der Waals surface area contributed by atoms with Crippen molar-refractivity contribution in [3.05, 3.63) is 10.6 Å². The average molecular weight is 325 g/mol. The van der Waals surface area contributed by atoms with Crippen LogP contribution >= 0.6 is 11.8 Å². The summed E-state index contributed by atoms with van der Waals surface area (Å²) in [5, 5.41) is 9.05. The Labute approximate surface area is 130 Å². The molecule has 3 rings (SSSR count). The van der Waals surface area contributed by atoms with Gasteiger partial charge in [0.1, 0.15) is 17.6 Å². The maximum atomic E-state index is 12.1. The number of β-lactam (4-membered cyclic amide) rings is 1. The number of carboxylic acids is 1. The van der Waals surface area contributed by atoms with Crippen LogP contribution in [0.25, 0.3) is 0 Å². The van der Waals surface area contributed by atoms with Gasteiger partial charge in [0.05, 0.1) is 11.3 Å². The van der Waals surface area contributed by atoms with E-state index in [1.165, 1.54) is 23.6 Å². The minimum Gasteiger partial charge on any atom is -0.477 e. The Morgan fingerprint density at radius 3 is 2.68 bits per heavy atom. The quantitative estimate of drug-likeness (QED) is 0.591. The van der Waals surface area contributed by atoms with E-state index in [1.54, 1.807) is 0 Å². The van der Waals surface area contributed by atoms with Crippen LogP contribution in [0.3, 0.4) is 0 Å². The Bertz CT molecular complexity index is 612. The molecule has 3 atom stereocenters. The first-order chi connectivity index (χ1) is 10.4. The Morgan fingerprint density at radius 1 is 1.41 bits per heavy atom. The van der Waals surface area contributed by atoms with E-state index < -0.39 is 11.9 Å². The van der Waals surface area contributed by atoms with Crippen molar-refractivity contribution in [1.29, 1.82) is 0 Å². The number of rotatable bonds is 5. The summed E-state index contributed by atoms with van der Waals surface area (Å²) in [5.74, 6) is -2.30. The average Bonchev–Trinajstić information content (AvgIpc) is 2.98. The number of hydrogen-bond acceptors (Lipinski definition) is 6. The third-order valence-electron chi connectivity index (χ3n) is 4.01. The van der Waals surface area contributed by atoms with Crippen LogP contribution in [-0.4, -0.2) is 45.1 Å². The molecule has 22 heavy (non-hydrogen) atoms. The topological polar surface area (TPSA) is 101 Å². The van der Waals surface area contributed by atoms with Crippen LogP contribution in [0.4, 0.5) is 0 Å². The number of cyclic esters (lactones) is 1. The maximum absolute atomic E-state index is 12.1. The fraction of sp³-hybridized carbons (Fsp3) is 0.571. The third-order valence-corrected chi connectivity index (χ3v) is 5.44. The van der Waals surface area contributed by atoms with Crippen LogP contribution in [0, 0.1) is 5.92 Å². The van der Waals surface area contributed by atoms with Crippen molar-refractivity contribution < 1.29 is 29.0 Å². The molecule has 0 spiro atoms. The highest BCUT2D eigenvalue weighted by atomic mass is 32.2. The number of carboxylic acid groups (broad SMARTS) is 1. The molecule has 1 amide bonds. The predicted octanol–water partition coefficient (Wildman–Crippen LogP) is 0.889. The number of esters is 1. The molecule has 3 aliphatic heterocycles. The van der Waals surface area contributed by atoms with E-state index in [-0.39, 0.29) is 41.3 Å². The van der Waals surface area contributed by atoms with Gasteiger partial charge in [0.15, 0.2) is 0 Å². The van der Waals surface area contributed by atoms with E-state index in [9.17, 15) is 24.3 Å². The van der Waals surface area contributed by atoms with Crippen molar-refractivity contribution in [3.63, 3.8) is 0 Å². The van der Waals surface area contributed by atoms with Crippen molar-refractivity contribution in [2.75, 3.05) is 0 Å². The monoisotopic (exact) mass is 325 g/mol. The third kappa shape index (κ3) is 2.41. The fourth-order valence-corrected chi connectivity index (χ4v) is 4.59. The van der Waals surface area contributed by atoms with E-state index in [0.29, 0.717) is 24.2 Å². The number of ether oxygens (including phenoxy) is 1. The molecule has 0 saturated carbocycles. The number of aliphatic carboxylic acids is 1.